The predicted molar refractivity (Wildman–Crippen MR) is 130 cm³/mol. The van der Waals surface area contributed by atoms with Crippen LogP contribution in [0, 0.1) is 0 Å². The van der Waals surface area contributed by atoms with Crippen LogP contribution in [0.5, 0.6) is 5.75 Å². The second-order valence-corrected chi connectivity index (χ2v) is 7.43. The van der Waals surface area contributed by atoms with Crippen LogP contribution in [0.1, 0.15) is 22.6 Å². The zero-order valence-corrected chi connectivity index (χ0v) is 18.7. The lowest BCUT2D eigenvalue weighted by Gasteiger charge is -2.35. The van der Waals surface area contributed by atoms with Crippen molar-refractivity contribution >= 4 is 23.5 Å². The Morgan fingerprint density at radius 1 is 1.19 bits per heavy atom. The van der Waals surface area contributed by atoms with Gasteiger partial charge in [0.05, 0.1) is 7.11 Å². The molecule has 0 aliphatic carbocycles. The monoisotopic (exact) mass is 431 g/mol. The zero-order valence-electron chi connectivity index (χ0n) is 18.7. The molecule has 0 saturated carbocycles. The number of ether oxygens (including phenoxy) is 1. The third-order valence-electron chi connectivity index (χ3n) is 5.51. The molecule has 166 valence electrons. The van der Waals surface area contributed by atoms with E-state index in [1.165, 1.54) is 0 Å². The van der Waals surface area contributed by atoms with Gasteiger partial charge in [-0.3, -0.25) is 14.8 Å². The van der Waals surface area contributed by atoms with Crippen molar-refractivity contribution in [2.45, 2.75) is 12.5 Å². The first-order chi connectivity index (χ1) is 15.5. The number of benzene rings is 2. The van der Waals surface area contributed by atoms with Crippen molar-refractivity contribution in [2.24, 2.45) is 21.5 Å². The lowest BCUT2D eigenvalue weighted by Crippen LogP contribution is -2.42. The highest BCUT2D eigenvalue weighted by atomic mass is 16.5. The Hall–Kier alpha value is -3.87. The van der Waals surface area contributed by atoms with Crippen LogP contribution in [-0.2, 0) is 11.3 Å². The number of amides is 1. The van der Waals surface area contributed by atoms with E-state index >= 15 is 0 Å². The maximum atomic E-state index is 13.4. The summed E-state index contributed by atoms with van der Waals surface area (Å²) in [7, 11) is 4.89. The smallest absolute Gasteiger partial charge is 0.272 e. The minimum Gasteiger partial charge on any atom is -0.497 e. The molecule has 1 atom stereocenters. The van der Waals surface area contributed by atoms with Crippen molar-refractivity contribution in [1.29, 1.82) is 0 Å². The van der Waals surface area contributed by atoms with Crippen molar-refractivity contribution in [2.75, 3.05) is 27.7 Å². The van der Waals surface area contributed by atoms with E-state index in [0.29, 0.717) is 24.5 Å². The number of carbonyl (C=O) groups is 1. The van der Waals surface area contributed by atoms with Gasteiger partial charge in [0, 0.05) is 50.6 Å². The number of rotatable bonds is 6. The molecule has 0 saturated heterocycles. The lowest BCUT2D eigenvalue weighted by molar-refractivity contribution is -0.125. The summed E-state index contributed by atoms with van der Waals surface area (Å²) in [5, 5.41) is 0. The van der Waals surface area contributed by atoms with Gasteiger partial charge in [0.1, 0.15) is 11.5 Å². The quantitative estimate of drug-likeness (QED) is 0.686. The van der Waals surface area contributed by atoms with Crippen LogP contribution in [0.2, 0.25) is 0 Å². The molecule has 4 N–H and O–H groups in total. The Bertz CT molecular complexity index is 1100. The predicted octanol–water partition coefficient (Wildman–Crippen LogP) is 2.73. The van der Waals surface area contributed by atoms with Crippen molar-refractivity contribution in [3.05, 3.63) is 83.1 Å². The SMILES string of the molecule is CN=CC(=CN)C1CN(C(=O)C(C=C(N)c2cccc(OC)c2)=NC)Cc2ccccc21. The van der Waals surface area contributed by atoms with Gasteiger partial charge < -0.3 is 21.1 Å². The Kier molecular flexibility index (Phi) is 7.44. The first-order valence-electron chi connectivity index (χ1n) is 10.3. The van der Waals surface area contributed by atoms with Gasteiger partial charge in [-0.25, -0.2) is 0 Å². The number of hydrogen-bond acceptors (Lipinski definition) is 6. The van der Waals surface area contributed by atoms with Gasteiger partial charge in [0.25, 0.3) is 5.91 Å². The molecular weight excluding hydrogens is 402 g/mol. The van der Waals surface area contributed by atoms with Crippen molar-refractivity contribution in [1.82, 2.24) is 4.90 Å². The van der Waals surface area contributed by atoms with Gasteiger partial charge in [-0.1, -0.05) is 36.4 Å². The van der Waals surface area contributed by atoms with E-state index in [1.807, 2.05) is 42.5 Å². The Balaban J connectivity index is 1.91. The Morgan fingerprint density at radius 2 is 1.97 bits per heavy atom. The van der Waals surface area contributed by atoms with Crippen LogP contribution < -0.4 is 16.2 Å². The number of aliphatic imine (C=N–C) groups is 2. The summed E-state index contributed by atoms with van der Waals surface area (Å²) in [5.74, 6) is 0.424. The van der Waals surface area contributed by atoms with E-state index in [-0.39, 0.29) is 17.5 Å². The average Bonchev–Trinajstić information content (AvgIpc) is 2.84. The fourth-order valence-corrected chi connectivity index (χ4v) is 3.86. The van der Waals surface area contributed by atoms with E-state index in [1.54, 1.807) is 44.6 Å². The molecule has 2 aromatic carbocycles. The summed E-state index contributed by atoms with van der Waals surface area (Å²) in [6, 6.07) is 15.4. The van der Waals surface area contributed by atoms with Crippen molar-refractivity contribution in [3.8, 4) is 5.75 Å². The van der Waals surface area contributed by atoms with E-state index in [0.717, 1.165) is 22.3 Å². The standard InChI is InChI=1S/C25H29N5O2/c1-28-14-19(13-26)22-16-30(15-18-7-4-5-10-21(18)22)25(31)24(29-2)12-23(27)17-8-6-9-20(11-17)32-3/h4-14,22H,15-16,26-27H2,1-3H3. The number of fused-ring (bicyclic) bond motifs is 1. The number of hydrogen-bond donors (Lipinski definition) is 2. The van der Waals surface area contributed by atoms with Crippen LogP contribution in [0.25, 0.3) is 5.70 Å². The molecule has 1 aliphatic rings. The fraction of sp³-hybridized carbons (Fsp3) is 0.240. The van der Waals surface area contributed by atoms with Gasteiger partial charge in [-0.15, -0.1) is 0 Å². The first-order valence-corrected chi connectivity index (χ1v) is 10.3. The Morgan fingerprint density at radius 3 is 2.66 bits per heavy atom. The third-order valence-corrected chi connectivity index (χ3v) is 5.51. The molecule has 1 amide bonds. The van der Waals surface area contributed by atoms with Gasteiger partial charge in [0.2, 0.25) is 0 Å². The molecule has 1 heterocycles. The van der Waals surface area contributed by atoms with Crippen LogP contribution in [0.4, 0.5) is 0 Å². The summed E-state index contributed by atoms with van der Waals surface area (Å²) < 4.78 is 5.26. The van der Waals surface area contributed by atoms with Crippen molar-refractivity contribution < 1.29 is 9.53 Å². The molecule has 0 fully saturated rings. The second-order valence-electron chi connectivity index (χ2n) is 7.43. The second kappa shape index (κ2) is 10.4. The largest absolute Gasteiger partial charge is 0.497 e. The number of carbonyl (C=O) groups excluding carboxylic acids is 1. The molecular formula is C25H29N5O2. The highest BCUT2D eigenvalue weighted by Gasteiger charge is 2.31. The Labute approximate surface area is 188 Å². The van der Waals surface area contributed by atoms with Crippen LogP contribution >= 0.6 is 0 Å². The maximum absolute atomic E-state index is 13.4. The first kappa shape index (κ1) is 22.8. The molecule has 0 radical (unpaired) electrons. The highest BCUT2D eigenvalue weighted by molar-refractivity contribution is 6.44. The topological polar surface area (TPSA) is 106 Å². The summed E-state index contributed by atoms with van der Waals surface area (Å²) in [6.07, 6.45) is 4.91. The molecule has 7 heteroatoms. The van der Waals surface area contributed by atoms with E-state index < -0.39 is 0 Å². The summed E-state index contributed by atoms with van der Waals surface area (Å²) in [5.41, 5.74) is 16.7. The zero-order chi connectivity index (χ0) is 23.1. The van der Waals surface area contributed by atoms with Crippen LogP contribution in [0.15, 0.2) is 76.4 Å². The normalized spacial score (nSPS) is 17.4. The number of methoxy groups -OCH3 is 1. The highest BCUT2D eigenvalue weighted by Crippen LogP contribution is 2.33. The number of nitrogens with zero attached hydrogens (tertiary/aromatic N) is 3. The minimum atomic E-state index is -0.192. The third kappa shape index (κ3) is 4.88. The van der Waals surface area contributed by atoms with E-state index in [4.69, 9.17) is 16.2 Å². The average molecular weight is 432 g/mol. The lowest BCUT2D eigenvalue weighted by atomic mass is 9.84. The molecule has 32 heavy (non-hydrogen) atoms. The van der Waals surface area contributed by atoms with Gasteiger partial charge >= 0.3 is 0 Å². The van der Waals surface area contributed by atoms with Gasteiger partial charge in [-0.2, -0.15) is 0 Å². The summed E-state index contributed by atoms with van der Waals surface area (Å²) in [6.45, 7) is 0.954. The van der Waals surface area contributed by atoms with Gasteiger partial charge in [0.15, 0.2) is 0 Å². The minimum absolute atomic E-state index is 0.0737. The maximum Gasteiger partial charge on any atom is 0.272 e. The molecule has 0 aromatic heterocycles. The molecule has 2 aromatic rings. The molecule has 3 rings (SSSR count). The van der Waals surface area contributed by atoms with E-state index in [9.17, 15) is 4.79 Å². The molecule has 0 bridgehead atoms. The number of nitrogens with two attached hydrogens (primary N) is 2. The van der Waals surface area contributed by atoms with Crippen LogP contribution in [0.3, 0.4) is 0 Å². The van der Waals surface area contributed by atoms with Crippen molar-refractivity contribution in [3.63, 3.8) is 0 Å². The van der Waals surface area contributed by atoms with Crippen LogP contribution in [-0.4, -0.2) is 50.5 Å². The summed E-state index contributed by atoms with van der Waals surface area (Å²) in [4.78, 5) is 23.6. The fourth-order valence-electron chi connectivity index (χ4n) is 3.86. The van der Waals surface area contributed by atoms with Gasteiger partial charge in [-0.05, 0) is 41.1 Å². The molecule has 7 nitrogen and oxygen atoms in total. The molecule has 1 unspecified atom stereocenters. The van der Waals surface area contributed by atoms with E-state index in [2.05, 4.69) is 16.1 Å². The molecule has 0 spiro atoms. The molecule has 1 aliphatic heterocycles. The summed E-state index contributed by atoms with van der Waals surface area (Å²) >= 11 is 0.